The summed E-state index contributed by atoms with van der Waals surface area (Å²) in [5, 5.41) is 0. The molecule has 0 fully saturated rings. The molecule has 0 aliphatic rings. The zero-order chi connectivity index (χ0) is 10.6. The highest BCUT2D eigenvalue weighted by atomic mass is 32.2. The van der Waals surface area contributed by atoms with Crippen molar-refractivity contribution in [3.8, 4) is 0 Å². The molecule has 0 bridgehead atoms. The van der Waals surface area contributed by atoms with Crippen molar-refractivity contribution in [2.75, 3.05) is 11.5 Å². The molecule has 1 aromatic heterocycles. The van der Waals surface area contributed by atoms with Crippen LogP contribution in [0.1, 0.15) is 13.8 Å². The molecule has 0 aliphatic heterocycles. The molecular weight excluding hydrogens is 203 g/mol. The molecule has 1 aromatic rings. The third-order valence-corrected chi connectivity index (χ3v) is 4.20. The second-order valence-corrected chi connectivity index (χ2v) is 5.63. The van der Waals surface area contributed by atoms with Gasteiger partial charge in [-0.1, -0.05) is 13.8 Å². The van der Waals surface area contributed by atoms with Gasteiger partial charge in [-0.3, -0.25) is 0 Å². The molecule has 0 amide bonds. The summed E-state index contributed by atoms with van der Waals surface area (Å²) in [4.78, 5) is 3.74. The van der Waals surface area contributed by atoms with Gasteiger partial charge in [0.1, 0.15) is 0 Å². The van der Waals surface area contributed by atoms with Gasteiger partial charge in [0.05, 0.1) is 9.73 Å². The lowest BCUT2D eigenvalue weighted by Gasteiger charge is -2.03. The molecule has 0 spiro atoms. The number of aromatic nitrogens is 1. The van der Waals surface area contributed by atoms with Gasteiger partial charge in [0, 0.05) is 17.7 Å². The van der Waals surface area contributed by atoms with Crippen LogP contribution in [0.4, 0.5) is 10.2 Å². The SMILES string of the molecule is CCS(=O)(CC)=Nc1ncccc1F. The number of hydrogen-bond donors (Lipinski definition) is 0. The predicted molar refractivity (Wildman–Crippen MR) is 55.5 cm³/mol. The van der Waals surface area contributed by atoms with Gasteiger partial charge in [0.25, 0.3) is 0 Å². The van der Waals surface area contributed by atoms with Crippen molar-refractivity contribution in [3.63, 3.8) is 0 Å². The van der Waals surface area contributed by atoms with E-state index in [1.54, 1.807) is 13.8 Å². The first-order valence-electron chi connectivity index (χ1n) is 4.44. The Hall–Kier alpha value is -0.970. The van der Waals surface area contributed by atoms with Crippen molar-refractivity contribution in [2.45, 2.75) is 13.8 Å². The first-order valence-corrected chi connectivity index (χ1v) is 6.29. The fourth-order valence-corrected chi connectivity index (χ4v) is 2.05. The first-order chi connectivity index (χ1) is 6.61. The standard InChI is InChI=1S/C9H13FN2OS/c1-3-14(13,4-2)12-9-8(10)6-5-7-11-9/h5-7H,3-4H2,1-2H3. The fraction of sp³-hybridized carbons (Fsp3) is 0.444. The third kappa shape index (κ3) is 2.51. The summed E-state index contributed by atoms with van der Waals surface area (Å²) < 4.78 is 28.9. The summed E-state index contributed by atoms with van der Waals surface area (Å²) in [5.74, 6) is 0.252. The van der Waals surface area contributed by atoms with Crippen LogP contribution in [0.2, 0.25) is 0 Å². The van der Waals surface area contributed by atoms with Crippen molar-refractivity contribution in [3.05, 3.63) is 24.1 Å². The molecule has 0 saturated carbocycles. The van der Waals surface area contributed by atoms with E-state index in [4.69, 9.17) is 0 Å². The molecule has 0 aliphatic carbocycles. The summed E-state index contributed by atoms with van der Waals surface area (Å²) in [5.41, 5.74) is 0. The van der Waals surface area contributed by atoms with Crippen molar-refractivity contribution < 1.29 is 8.60 Å². The normalized spacial score (nSPS) is 11.4. The molecular formula is C9H13FN2OS. The van der Waals surface area contributed by atoms with Gasteiger partial charge in [0.15, 0.2) is 11.6 Å². The van der Waals surface area contributed by atoms with Crippen molar-refractivity contribution in [1.29, 1.82) is 0 Å². The van der Waals surface area contributed by atoms with Gasteiger partial charge in [-0.2, -0.15) is 4.36 Å². The van der Waals surface area contributed by atoms with Crippen LogP contribution in [0.15, 0.2) is 22.7 Å². The summed E-state index contributed by atoms with van der Waals surface area (Å²) in [6.07, 6.45) is 1.44. The third-order valence-electron chi connectivity index (χ3n) is 1.89. The lowest BCUT2D eigenvalue weighted by Crippen LogP contribution is -2.05. The van der Waals surface area contributed by atoms with E-state index in [0.29, 0.717) is 11.5 Å². The highest BCUT2D eigenvalue weighted by Gasteiger charge is 2.06. The Morgan fingerprint density at radius 2 is 2.14 bits per heavy atom. The van der Waals surface area contributed by atoms with Crippen LogP contribution >= 0.6 is 0 Å². The van der Waals surface area contributed by atoms with Gasteiger partial charge in [-0.15, -0.1) is 0 Å². The van der Waals surface area contributed by atoms with E-state index in [0.717, 1.165) is 0 Å². The quantitative estimate of drug-likeness (QED) is 0.778. The number of rotatable bonds is 3. The van der Waals surface area contributed by atoms with E-state index < -0.39 is 15.5 Å². The Morgan fingerprint density at radius 1 is 1.50 bits per heavy atom. The fourth-order valence-electron chi connectivity index (χ4n) is 0.935. The predicted octanol–water partition coefficient (Wildman–Crippen LogP) is 2.36. The van der Waals surface area contributed by atoms with Gasteiger partial charge in [-0.25, -0.2) is 13.6 Å². The van der Waals surface area contributed by atoms with Crippen LogP contribution in [0.25, 0.3) is 0 Å². The molecule has 1 heterocycles. The van der Waals surface area contributed by atoms with Crippen LogP contribution in [-0.2, 0) is 9.73 Å². The van der Waals surface area contributed by atoms with E-state index in [-0.39, 0.29) is 5.82 Å². The molecule has 5 heteroatoms. The number of halogens is 1. The molecule has 78 valence electrons. The maximum absolute atomic E-state index is 13.1. The van der Waals surface area contributed by atoms with Crippen molar-refractivity contribution in [2.24, 2.45) is 4.36 Å². The molecule has 0 saturated heterocycles. The lowest BCUT2D eigenvalue weighted by molar-refractivity contribution is 0.623. The molecule has 0 aromatic carbocycles. The minimum absolute atomic E-state index is 0.0544. The number of nitrogens with zero attached hydrogens (tertiary/aromatic N) is 2. The molecule has 1 rings (SSSR count). The summed E-state index contributed by atoms with van der Waals surface area (Å²) >= 11 is 0. The van der Waals surface area contributed by atoms with E-state index in [9.17, 15) is 8.60 Å². The Kier molecular flexibility index (Phi) is 3.57. The van der Waals surface area contributed by atoms with Crippen molar-refractivity contribution in [1.82, 2.24) is 4.98 Å². The minimum atomic E-state index is -2.32. The van der Waals surface area contributed by atoms with E-state index in [1.165, 1.54) is 18.3 Å². The summed E-state index contributed by atoms with van der Waals surface area (Å²) in [6.45, 7) is 3.55. The molecule has 0 N–H and O–H groups in total. The molecule has 0 radical (unpaired) electrons. The Morgan fingerprint density at radius 3 is 2.64 bits per heavy atom. The highest BCUT2D eigenvalue weighted by molar-refractivity contribution is 7.93. The van der Waals surface area contributed by atoms with E-state index in [1.807, 2.05) is 0 Å². The number of pyridine rings is 1. The van der Waals surface area contributed by atoms with Gasteiger partial charge < -0.3 is 0 Å². The zero-order valence-electron chi connectivity index (χ0n) is 8.24. The Balaban J connectivity index is 3.21. The van der Waals surface area contributed by atoms with Crippen LogP contribution < -0.4 is 0 Å². The van der Waals surface area contributed by atoms with Crippen LogP contribution in [0.5, 0.6) is 0 Å². The second kappa shape index (κ2) is 4.50. The average Bonchev–Trinajstić information content (AvgIpc) is 2.21. The molecule has 14 heavy (non-hydrogen) atoms. The van der Waals surface area contributed by atoms with Crippen LogP contribution in [0.3, 0.4) is 0 Å². The van der Waals surface area contributed by atoms with E-state index in [2.05, 4.69) is 9.35 Å². The Labute approximate surface area is 83.6 Å². The summed E-state index contributed by atoms with van der Waals surface area (Å²) in [6, 6.07) is 2.74. The average molecular weight is 216 g/mol. The van der Waals surface area contributed by atoms with Gasteiger partial charge in [0.2, 0.25) is 0 Å². The number of hydrogen-bond acceptors (Lipinski definition) is 3. The van der Waals surface area contributed by atoms with Gasteiger partial charge >= 0.3 is 0 Å². The van der Waals surface area contributed by atoms with Crippen molar-refractivity contribution >= 4 is 15.5 Å². The Bertz CT molecular complexity index is 415. The smallest absolute Gasteiger partial charge is 0.197 e. The maximum Gasteiger partial charge on any atom is 0.197 e. The minimum Gasteiger partial charge on any atom is -0.249 e. The zero-order valence-corrected chi connectivity index (χ0v) is 9.05. The summed E-state index contributed by atoms with van der Waals surface area (Å²) in [7, 11) is -2.32. The monoisotopic (exact) mass is 216 g/mol. The topological polar surface area (TPSA) is 42.3 Å². The highest BCUT2D eigenvalue weighted by Crippen LogP contribution is 2.15. The van der Waals surface area contributed by atoms with Crippen LogP contribution in [0, 0.1) is 5.82 Å². The molecule has 0 atom stereocenters. The van der Waals surface area contributed by atoms with Crippen LogP contribution in [-0.4, -0.2) is 20.7 Å². The second-order valence-electron chi connectivity index (χ2n) is 2.75. The molecule has 3 nitrogen and oxygen atoms in total. The van der Waals surface area contributed by atoms with E-state index >= 15 is 0 Å². The first kappa shape index (κ1) is 11.1. The lowest BCUT2D eigenvalue weighted by atomic mass is 10.4. The molecule has 0 unspecified atom stereocenters. The maximum atomic E-state index is 13.1. The van der Waals surface area contributed by atoms with Gasteiger partial charge in [-0.05, 0) is 12.1 Å². The largest absolute Gasteiger partial charge is 0.249 e.